The minimum Gasteiger partial charge on any atom is -0.464 e. The molecular formula is C13H13FN2O3. The predicted octanol–water partition coefficient (Wildman–Crippen LogP) is 3.81. The molecule has 100 valence electrons. The van der Waals surface area contributed by atoms with Gasteiger partial charge in [-0.15, -0.1) is 0 Å². The first-order valence-electron chi connectivity index (χ1n) is 5.74. The predicted molar refractivity (Wildman–Crippen MR) is 68.5 cm³/mol. The normalized spacial score (nSPS) is 12.2. The minimum absolute atomic E-state index is 0.158. The maximum atomic E-state index is 13.5. The van der Waals surface area contributed by atoms with Gasteiger partial charge in [0.25, 0.3) is 0 Å². The molecule has 1 heterocycles. The summed E-state index contributed by atoms with van der Waals surface area (Å²) in [7, 11) is 0. The van der Waals surface area contributed by atoms with E-state index in [0.29, 0.717) is 5.69 Å². The van der Waals surface area contributed by atoms with Gasteiger partial charge >= 0.3 is 5.69 Å². The summed E-state index contributed by atoms with van der Waals surface area (Å²) in [5, 5.41) is 13.5. The molecule has 0 aliphatic heterocycles. The molecule has 6 heteroatoms. The molecule has 0 saturated heterocycles. The van der Waals surface area contributed by atoms with Crippen LogP contribution in [0.2, 0.25) is 0 Å². The highest BCUT2D eigenvalue weighted by atomic mass is 19.1. The van der Waals surface area contributed by atoms with Crippen LogP contribution in [-0.4, -0.2) is 4.92 Å². The molecule has 0 bridgehead atoms. The highest BCUT2D eigenvalue weighted by molar-refractivity contribution is 5.50. The molecule has 19 heavy (non-hydrogen) atoms. The number of anilines is 1. The van der Waals surface area contributed by atoms with Crippen LogP contribution in [0, 0.1) is 22.9 Å². The third-order valence-electron chi connectivity index (χ3n) is 2.72. The topological polar surface area (TPSA) is 68.3 Å². The first-order chi connectivity index (χ1) is 8.97. The Hall–Kier alpha value is -2.37. The van der Waals surface area contributed by atoms with Gasteiger partial charge in [0.15, 0.2) is 0 Å². The Morgan fingerprint density at radius 3 is 2.63 bits per heavy atom. The summed E-state index contributed by atoms with van der Waals surface area (Å²) >= 11 is 0. The van der Waals surface area contributed by atoms with Gasteiger partial charge in [0.05, 0.1) is 11.0 Å². The van der Waals surface area contributed by atoms with Gasteiger partial charge in [-0.25, -0.2) is 0 Å². The molecule has 0 amide bonds. The SMILES string of the molecule is Cc1ccc(C(C)Nc2ccc([N+](=O)[O-])c(F)c2)o1. The molecule has 1 aromatic carbocycles. The van der Waals surface area contributed by atoms with E-state index in [9.17, 15) is 14.5 Å². The zero-order chi connectivity index (χ0) is 14.0. The number of benzene rings is 1. The number of nitro benzene ring substituents is 1. The maximum Gasteiger partial charge on any atom is 0.304 e. The van der Waals surface area contributed by atoms with E-state index < -0.39 is 16.4 Å². The summed E-state index contributed by atoms with van der Waals surface area (Å²) in [6, 6.07) is 7.21. The molecule has 0 fully saturated rings. The van der Waals surface area contributed by atoms with Crippen LogP contribution in [-0.2, 0) is 0 Å². The summed E-state index contributed by atoms with van der Waals surface area (Å²) in [4.78, 5) is 9.76. The first kappa shape index (κ1) is 13.1. The van der Waals surface area contributed by atoms with E-state index in [4.69, 9.17) is 4.42 Å². The lowest BCUT2D eigenvalue weighted by molar-refractivity contribution is -0.387. The van der Waals surface area contributed by atoms with Crippen LogP contribution in [0.5, 0.6) is 0 Å². The van der Waals surface area contributed by atoms with Gasteiger partial charge in [0.2, 0.25) is 5.82 Å². The average Bonchev–Trinajstić information content (AvgIpc) is 2.75. The number of halogens is 1. The Morgan fingerprint density at radius 1 is 1.37 bits per heavy atom. The molecule has 0 aliphatic carbocycles. The van der Waals surface area contributed by atoms with Crippen molar-refractivity contribution in [1.82, 2.24) is 0 Å². The van der Waals surface area contributed by atoms with Gasteiger partial charge in [-0.1, -0.05) is 0 Å². The summed E-state index contributed by atoms with van der Waals surface area (Å²) < 4.78 is 18.9. The van der Waals surface area contributed by atoms with E-state index in [1.54, 1.807) is 0 Å². The van der Waals surface area contributed by atoms with Crippen molar-refractivity contribution >= 4 is 11.4 Å². The van der Waals surface area contributed by atoms with Gasteiger partial charge in [0, 0.05) is 17.8 Å². The Bertz CT molecular complexity index is 610. The lowest BCUT2D eigenvalue weighted by atomic mass is 10.2. The monoisotopic (exact) mass is 264 g/mol. The lowest BCUT2D eigenvalue weighted by Crippen LogP contribution is -2.06. The molecule has 0 saturated carbocycles. The Labute approximate surface area is 109 Å². The van der Waals surface area contributed by atoms with E-state index in [1.165, 1.54) is 6.07 Å². The molecule has 5 nitrogen and oxygen atoms in total. The van der Waals surface area contributed by atoms with Crippen molar-refractivity contribution in [2.45, 2.75) is 19.9 Å². The van der Waals surface area contributed by atoms with Crippen molar-refractivity contribution in [3.8, 4) is 0 Å². The zero-order valence-electron chi connectivity index (χ0n) is 10.5. The second kappa shape index (κ2) is 5.09. The lowest BCUT2D eigenvalue weighted by Gasteiger charge is -2.12. The second-order valence-corrected chi connectivity index (χ2v) is 4.24. The molecule has 2 aromatic rings. The van der Waals surface area contributed by atoms with Crippen molar-refractivity contribution in [3.05, 3.63) is 57.8 Å². The van der Waals surface area contributed by atoms with Crippen LogP contribution < -0.4 is 5.32 Å². The van der Waals surface area contributed by atoms with Crippen molar-refractivity contribution < 1.29 is 13.7 Å². The van der Waals surface area contributed by atoms with E-state index in [0.717, 1.165) is 23.7 Å². The summed E-state index contributed by atoms with van der Waals surface area (Å²) in [5.41, 5.74) is -0.0725. The smallest absolute Gasteiger partial charge is 0.304 e. The number of nitrogens with zero attached hydrogens (tertiary/aromatic N) is 1. The quantitative estimate of drug-likeness (QED) is 0.673. The third-order valence-corrected chi connectivity index (χ3v) is 2.72. The summed E-state index contributed by atoms with van der Waals surface area (Å²) in [5.74, 6) is 0.646. The fraction of sp³-hybridized carbons (Fsp3) is 0.231. The Kier molecular flexibility index (Phi) is 3.50. The molecule has 0 aliphatic rings. The Balaban J connectivity index is 2.15. The van der Waals surface area contributed by atoms with E-state index in [1.807, 2.05) is 26.0 Å². The molecular weight excluding hydrogens is 251 g/mol. The van der Waals surface area contributed by atoms with E-state index in [2.05, 4.69) is 5.32 Å². The molecule has 1 aromatic heterocycles. The van der Waals surface area contributed by atoms with E-state index >= 15 is 0 Å². The van der Waals surface area contributed by atoms with E-state index in [-0.39, 0.29) is 6.04 Å². The molecule has 2 rings (SSSR count). The molecule has 1 N–H and O–H groups in total. The van der Waals surface area contributed by atoms with Crippen LogP contribution in [0.3, 0.4) is 0 Å². The van der Waals surface area contributed by atoms with Crippen LogP contribution in [0.25, 0.3) is 0 Å². The van der Waals surface area contributed by atoms with Crippen LogP contribution in [0.15, 0.2) is 34.7 Å². The van der Waals surface area contributed by atoms with Crippen LogP contribution >= 0.6 is 0 Å². The number of aryl methyl sites for hydroxylation is 1. The Morgan fingerprint density at radius 2 is 2.11 bits per heavy atom. The maximum absolute atomic E-state index is 13.5. The van der Waals surface area contributed by atoms with Crippen molar-refractivity contribution in [2.75, 3.05) is 5.32 Å². The van der Waals surface area contributed by atoms with Crippen molar-refractivity contribution in [1.29, 1.82) is 0 Å². The average molecular weight is 264 g/mol. The number of hydrogen-bond acceptors (Lipinski definition) is 4. The van der Waals surface area contributed by atoms with Gasteiger partial charge in [-0.05, 0) is 32.0 Å². The van der Waals surface area contributed by atoms with Gasteiger partial charge in [-0.2, -0.15) is 4.39 Å². The second-order valence-electron chi connectivity index (χ2n) is 4.24. The molecule has 0 radical (unpaired) electrons. The van der Waals surface area contributed by atoms with Gasteiger partial charge in [-0.3, -0.25) is 10.1 Å². The number of nitrogens with one attached hydrogen (secondary N) is 1. The van der Waals surface area contributed by atoms with Crippen LogP contribution in [0.1, 0.15) is 24.5 Å². The highest BCUT2D eigenvalue weighted by Gasteiger charge is 2.15. The number of furan rings is 1. The van der Waals surface area contributed by atoms with Crippen molar-refractivity contribution in [3.63, 3.8) is 0 Å². The largest absolute Gasteiger partial charge is 0.464 e. The standard InChI is InChI=1S/C13H13FN2O3/c1-8-3-6-13(19-8)9(2)15-10-4-5-12(16(17)18)11(14)7-10/h3-7,9,15H,1-2H3. The zero-order valence-corrected chi connectivity index (χ0v) is 10.5. The molecule has 1 atom stereocenters. The summed E-state index contributed by atoms with van der Waals surface area (Å²) in [6.07, 6.45) is 0. The van der Waals surface area contributed by atoms with Gasteiger partial charge in [0.1, 0.15) is 11.5 Å². The summed E-state index contributed by atoms with van der Waals surface area (Å²) in [6.45, 7) is 3.69. The number of hydrogen-bond donors (Lipinski definition) is 1. The minimum atomic E-state index is -0.863. The number of nitro groups is 1. The van der Waals surface area contributed by atoms with Crippen molar-refractivity contribution in [2.24, 2.45) is 0 Å². The van der Waals surface area contributed by atoms with Gasteiger partial charge < -0.3 is 9.73 Å². The third kappa shape index (κ3) is 2.90. The fourth-order valence-corrected chi connectivity index (χ4v) is 1.75. The van der Waals surface area contributed by atoms with Crippen LogP contribution in [0.4, 0.5) is 15.8 Å². The molecule has 0 spiro atoms. The molecule has 1 unspecified atom stereocenters. The highest BCUT2D eigenvalue weighted by Crippen LogP contribution is 2.25. The fourth-order valence-electron chi connectivity index (χ4n) is 1.75. The first-order valence-corrected chi connectivity index (χ1v) is 5.74. The number of rotatable bonds is 4.